The van der Waals surface area contributed by atoms with Crippen molar-refractivity contribution in [2.45, 2.75) is 56.6 Å². The number of carbonyl (C=O) groups excluding carboxylic acids is 1. The third-order valence-corrected chi connectivity index (χ3v) is 8.06. The number of rotatable bonds is 7. The molecule has 1 saturated carbocycles. The molecule has 212 valence electrons. The van der Waals surface area contributed by atoms with Gasteiger partial charge in [0.1, 0.15) is 11.4 Å². The smallest absolute Gasteiger partial charge is 0.393 e. The lowest BCUT2D eigenvalue weighted by atomic mass is 9.80. The summed E-state index contributed by atoms with van der Waals surface area (Å²) < 4.78 is 52.9. The molecule has 9 nitrogen and oxygen atoms in total. The Balaban J connectivity index is 1.47. The normalized spacial score (nSPS) is 19.9. The zero-order valence-electron chi connectivity index (χ0n) is 21.6. The van der Waals surface area contributed by atoms with Crippen molar-refractivity contribution in [3.8, 4) is 0 Å². The van der Waals surface area contributed by atoms with E-state index < -0.39 is 25.6 Å². The lowest BCUT2D eigenvalue weighted by molar-refractivity contribution is -0.137. The van der Waals surface area contributed by atoms with Crippen LogP contribution in [-0.2, 0) is 23.4 Å². The first-order valence-corrected chi connectivity index (χ1v) is 14.4. The number of aliphatic hydroxyl groups excluding tert-OH is 1. The summed E-state index contributed by atoms with van der Waals surface area (Å²) in [6.07, 6.45) is -1.50. The number of alkyl halides is 3. The maximum atomic E-state index is 13.9. The lowest BCUT2D eigenvalue weighted by Gasteiger charge is -2.27. The van der Waals surface area contributed by atoms with Crippen LogP contribution in [0.5, 0.6) is 0 Å². The summed E-state index contributed by atoms with van der Waals surface area (Å²) in [6, 6.07) is 9.95. The molecule has 1 fully saturated rings. The van der Waals surface area contributed by atoms with Crippen molar-refractivity contribution in [1.29, 1.82) is 0 Å². The largest absolute Gasteiger partial charge is 0.421 e. The molecule has 1 aliphatic carbocycles. The molecule has 0 radical (unpaired) electrons. The summed E-state index contributed by atoms with van der Waals surface area (Å²) in [6.45, 7) is 0.349. The molecular formula is C27H29F3N5O4P. The minimum atomic E-state index is -4.75. The van der Waals surface area contributed by atoms with E-state index in [4.69, 9.17) is 4.89 Å². The van der Waals surface area contributed by atoms with Crippen LogP contribution in [0.3, 0.4) is 0 Å². The first-order chi connectivity index (χ1) is 19.0. The van der Waals surface area contributed by atoms with Crippen LogP contribution in [-0.4, -0.2) is 43.9 Å². The molecule has 40 heavy (non-hydrogen) atoms. The molecule has 5 rings (SSSR count). The van der Waals surface area contributed by atoms with Crippen molar-refractivity contribution in [3.63, 3.8) is 0 Å². The van der Waals surface area contributed by atoms with Crippen LogP contribution in [0.1, 0.15) is 64.2 Å². The number of amides is 1. The minimum Gasteiger partial charge on any atom is -0.393 e. The maximum absolute atomic E-state index is 13.9. The highest BCUT2D eigenvalue weighted by atomic mass is 31.1. The Morgan fingerprint density at radius 1 is 1.07 bits per heavy atom. The molecule has 2 heterocycles. The Morgan fingerprint density at radius 3 is 2.42 bits per heavy atom. The van der Waals surface area contributed by atoms with Crippen LogP contribution in [0.25, 0.3) is 0 Å². The molecule has 1 aromatic heterocycles. The van der Waals surface area contributed by atoms with Gasteiger partial charge in [-0.25, -0.2) is 4.98 Å². The van der Waals surface area contributed by atoms with E-state index in [0.717, 1.165) is 24.0 Å². The summed E-state index contributed by atoms with van der Waals surface area (Å²) in [5, 5.41) is 15.5. The van der Waals surface area contributed by atoms with Crippen molar-refractivity contribution < 1.29 is 32.5 Å². The molecule has 0 bridgehead atoms. The van der Waals surface area contributed by atoms with Crippen molar-refractivity contribution >= 4 is 37.1 Å². The number of aliphatic hydroxyl groups is 1. The number of carbonyl (C=O) groups is 1. The first-order valence-electron chi connectivity index (χ1n) is 12.9. The fourth-order valence-corrected chi connectivity index (χ4v) is 5.92. The SMILES string of the molecule is CN1Cc2c(C3CCC(O)CC3)ccc(Nc3nc(Nc4ccc(C[PH](=O)O)cc4)ncc3C(F)(F)F)c2C1=O. The van der Waals surface area contributed by atoms with Crippen molar-refractivity contribution in [1.82, 2.24) is 14.9 Å². The van der Waals surface area contributed by atoms with E-state index in [2.05, 4.69) is 20.6 Å². The van der Waals surface area contributed by atoms with Crippen LogP contribution in [0, 0.1) is 0 Å². The highest BCUT2D eigenvalue weighted by molar-refractivity contribution is 7.37. The second-order valence-electron chi connectivity index (χ2n) is 10.2. The molecule has 13 heteroatoms. The summed E-state index contributed by atoms with van der Waals surface area (Å²) in [7, 11) is -1.03. The predicted octanol–water partition coefficient (Wildman–Crippen LogP) is 5.55. The van der Waals surface area contributed by atoms with E-state index in [-0.39, 0.29) is 35.7 Å². The highest BCUT2D eigenvalue weighted by Crippen LogP contribution is 2.42. The fraction of sp³-hybridized carbons (Fsp3) is 0.370. The van der Waals surface area contributed by atoms with Crippen LogP contribution in [0.4, 0.5) is 36.3 Å². The van der Waals surface area contributed by atoms with Gasteiger partial charge < -0.3 is 25.5 Å². The van der Waals surface area contributed by atoms with Crippen LogP contribution in [0.2, 0.25) is 0 Å². The maximum Gasteiger partial charge on any atom is 0.421 e. The van der Waals surface area contributed by atoms with Crippen LogP contribution >= 0.6 is 8.03 Å². The lowest BCUT2D eigenvalue weighted by Crippen LogP contribution is -2.18. The van der Waals surface area contributed by atoms with Gasteiger partial charge in [0.2, 0.25) is 5.95 Å². The molecule has 1 aliphatic heterocycles. The van der Waals surface area contributed by atoms with Gasteiger partial charge in [0.15, 0.2) is 8.03 Å². The van der Waals surface area contributed by atoms with E-state index in [0.29, 0.717) is 42.4 Å². The van der Waals surface area contributed by atoms with Gasteiger partial charge in [0.05, 0.1) is 17.4 Å². The van der Waals surface area contributed by atoms with Gasteiger partial charge >= 0.3 is 6.18 Å². The fourth-order valence-electron chi connectivity index (χ4n) is 5.33. The van der Waals surface area contributed by atoms with Gasteiger partial charge in [-0.3, -0.25) is 9.36 Å². The van der Waals surface area contributed by atoms with Gasteiger partial charge in [0.25, 0.3) is 5.91 Å². The van der Waals surface area contributed by atoms with E-state index in [1.165, 1.54) is 4.90 Å². The van der Waals surface area contributed by atoms with E-state index >= 15 is 0 Å². The summed E-state index contributed by atoms with van der Waals surface area (Å²) in [5.41, 5.74) is 2.36. The van der Waals surface area contributed by atoms with Crippen molar-refractivity contribution in [2.75, 3.05) is 17.7 Å². The van der Waals surface area contributed by atoms with Crippen LogP contribution < -0.4 is 10.6 Å². The highest BCUT2D eigenvalue weighted by Gasteiger charge is 2.37. The van der Waals surface area contributed by atoms with Gasteiger partial charge in [-0.2, -0.15) is 18.2 Å². The number of halogens is 3. The minimum absolute atomic E-state index is 0.0233. The van der Waals surface area contributed by atoms with Gasteiger partial charge in [0, 0.05) is 31.6 Å². The third-order valence-electron chi connectivity index (χ3n) is 7.35. The van der Waals surface area contributed by atoms with Gasteiger partial charge in [-0.1, -0.05) is 18.2 Å². The molecule has 4 N–H and O–H groups in total. The van der Waals surface area contributed by atoms with E-state index in [9.17, 15) is 27.6 Å². The van der Waals surface area contributed by atoms with E-state index in [1.54, 1.807) is 37.4 Å². The first kappa shape index (κ1) is 28.1. The quantitative estimate of drug-likeness (QED) is 0.270. The third kappa shape index (κ3) is 5.99. The molecular weight excluding hydrogens is 546 g/mol. The second-order valence-corrected chi connectivity index (χ2v) is 11.3. The number of hydrogen-bond donors (Lipinski definition) is 4. The zero-order valence-corrected chi connectivity index (χ0v) is 22.6. The number of hydrogen-bond acceptors (Lipinski definition) is 7. The number of anilines is 4. The molecule has 3 aromatic rings. The molecule has 1 amide bonds. The Morgan fingerprint density at radius 2 is 1.77 bits per heavy atom. The summed E-state index contributed by atoms with van der Waals surface area (Å²) >= 11 is 0. The molecule has 2 aliphatic rings. The Labute approximate surface area is 229 Å². The number of aromatic nitrogens is 2. The van der Waals surface area contributed by atoms with E-state index in [1.807, 2.05) is 6.07 Å². The topological polar surface area (TPSA) is 128 Å². The number of fused-ring (bicyclic) bond motifs is 1. The molecule has 0 spiro atoms. The van der Waals surface area contributed by atoms with Crippen LogP contribution in [0.15, 0.2) is 42.6 Å². The molecule has 1 atom stereocenters. The second kappa shape index (κ2) is 11.2. The average Bonchev–Trinajstić information content (AvgIpc) is 3.19. The Bertz CT molecular complexity index is 1440. The Hall–Kier alpha value is -3.47. The standard InChI is InChI=1S/C27H29F3N5O4P/c1-35-13-20-19(16-4-8-18(36)9-5-16)10-11-22(23(20)25(35)37)33-24-21(27(28,29)30)12-31-26(34-24)32-17-6-2-15(3-7-17)14-40(38)39/h2-3,6-7,10-12,16,18,36,40H,4-5,8-9,13-14H2,1H3,(H,38,39)(H2,31,32,33,34). The number of nitrogens with zero attached hydrogens (tertiary/aromatic N) is 3. The van der Waals surface area contributed by atoms with Gasteiger partial charge in [-0.05, 0) is 66.5 Å². The Kier molecular flexibility index (Phi) is 7.85. The summed E-state index contributed by atoms with van der Waals surface area (Å²) in [4.78, 5) is 31.7. The van der Waals surface area contributed by atoms with Crippen molar-refractivity contribution in [2.24, 2.45) is 0 Å². The molecule has 2 aromatic carbocycles. The average molecular weight is 576 g/mol. The predicted molar refractivity (Wildman–Crippen MR) is 144 cm³/mol. The summed E-state index contributed by atoms with van der Waals surface area (Å²) in [5.74, 6) is -0.729. The van der Waals surface area contributed by atoms with Gasteiger partial charge in [-0.15, -0.1) is 0 Å². The zero-order chi connectivity index (χ0) is 28.6. The monoisotopic (exact) mass is 575 g/mol. The number of benzene rings is 2. The molecule has 1 unspecified atom stereocenters. The molecule has 0 saturated heterocycles. The number of nitrogens with one attached hydrogen (secondary N) is 2. The van der Waals surface area contributed by atoms with Crippen molar-refractivity contribution in [3.05, 3.63) is 70.4 Å².